The van der Waals surface area contributed by atoms with Crippen LogP contribution in [0.5, 0.6) is 0 Å². The second-order valence-electron chi connectivity index (χ2n) is 11.6. The van der Waals surface area contributed by atoms with Crippen molar-refractivity contribution in [1.29, 1.82) is 0 Å². The number of carbonyl (C=O) groups is 1. The van der Waals surface area contributed by atoms with E-state index < -0.39 is 45.7 Å². The molecule has 1 aromatic heterocycles. The molecule has 2 atom stereocenters. The molecule has 1 spiro atoms. The largest absolute Gasteiger partial charge is 0.395 e. The molecule has 2 saturated carbocycles. The SMILES string of the molecule is CC(F)(F)[C@@H]1CC[C@@H](n2cccc(NC(=O)c3ccc(NS(=O)(=O)CCO)cc3N3CCC4(CC3)CC4)c2=O)C1. The Labute approximate surface area is 232 Å². The first kappa shape index (κ1) is 28.5. The number of halogens is 2. The summed E-state index contributed by atoms with van der Waals surface area (Å²) in [6.07, 6.45) is 6.91. The fourth-order valence-corrected chi connectivity index (χ4v) is 6.88. The minimum Gasteiger partial charge on any atom is -0.395 e. The second-order valence-corrected chi connectivity index (χ2v) is 13.4. The molecule has 3 fully saturated rings. The number of rotatable bonds is 9. The Balaban J connectivity index is 1.39. The van der Waals surface area contributed by atoms with Gasteiger partial charge in [0.1, 0.15) is 5.69 Å². The maximum absolute atomic E-state index is 13.9. The number of carbonyl (C=O) groups excluding carboxylic acids is 1. The number of aliphatic hydroxyl groups is 1. The van der Waals surface area contributed by atoms with Crippen molar-refractivity contribution in [2.75, 3.05) is 40.4 Å². The van der Waals surface area contributed by atoms with E-state index in [1.807, 2.05) is 0 Å². The van der Waals surface area contributed by atoms with Crippen LogP contribution in [0.25, 0.3) is 0 Å². The van der Waals surface area contributed by atoms with E-state index in [0.717, 1.165) is 32.9 Å². The number of amides is 1. The van der Waals surface area contributed by atoms with Crippen LogP contribution in [-0.2, 0) is 10.0 Å². The Morgan fingerprint density at radius 3 is 2.50 bits per heavy atom. The van der Waals surface area contributed by atoms with Crippen molar-refractivity contribution in [3.63, 3.8) is 0 Å². The predicted molar refractivity (Wildman–Crippen MR) is 150 cm³/mol. The van der Waals surface area contributed by atoms with E-state index in [-0.39, 0.29) is 23.8 Å². The van der Waals surface area contributed by atoms with Gasteiger partial charge in [0.25, 0.3) is 11.5 Å². The van der Waals surface area contributed by atoms with Crippen molar-refractivity contribution in [2.45, 2.75) is 63.8 Å². The second kappa shape index (κ2) is 10.8. The number of aliphatic hydroxyl groups excluding tert-OH is 1. The topological polar surface area (TPSA) is 121 Å². The van der Waals surface area contributed by atoms with Crippen LogP contribution >= 0.6 is 0 Å². The van der Waals surface area contributed by atoms with Gasteiger partial charge < -0.3 is 19.9 Å². The highest BCUT2D eigenvalue weighted by molar-refractivity contribution is 7.92. The van der Waals surface area contributed by atoms with Crippen molar-refractivity contribution in [3.05, 3.63) is 52.4 Å². The lowest BCUT2D eigenvalue weighted by atomic mass is 9.93. The van der Waals surface area contributed by atoms with Gasteiger partial charge in [-0.3, -0.25) is 14.3 Å². The van der Waals surface area contributed by atoms with E-state index >= 15 is 0 Å². The van der Waals surface area contributed by atoms with Gasteiger partial charge in [0.2, 0.25) is 15.9 Å². The first-order chi connectivity index (χ1) is 18.9. The molecule has 3 N–H and O–H groups in total. The van der Waals surface area contributed by atoms with Gasteiger partial charge in [0.15, 0.2) is 0 Å². The maximum atomic E-state index is 13.9. The van der Waals surface area contributed by atoms with Crippen LogP contribution in [0.4, 0.5) is 25.8 Å². The summed E-state index contributed by atoms with van der Waals surface area (Å²) in [4.78, 5) is 28.9. The highest BCUT2D eigenvalue weighted by Crippen LogP contribution is 2.54. The van der Waals surface area contributed by atoms with E-state index in [1.165, 1.54) is 35.6 Å². The van der Waals surface area contributed by atoms with E-state index in [0.29, 0.717) is 29.5 Å². The van der Waals surface area contributed by atoms with Crippen molar-refractivity contribution < 1.29 is 27.1 Å². The van der Waals surface area contributed by atoms with Gasteiger partial charge in [-0.15, -0.1) is 0 Å². The summed E-state index contributed by atoms with van der Waals surface area (Å²) in [5, 5.41) is 11.8. The summed E-state index contributed by atoms with van der Waals surface area (Å²) in [5.74, 6) is -4.58. The third kappa shape index (κ3) is 6.17. The van der Waals surface area contributed by atoms with Gasteiger partial charge in [-0.25, -0.2) is 17.2 Å². The molecular weight excluding hydrogens is 542 g/mol. The lowest BCUT2D eigenvalue weighted by molar-refractivity contribution is -0.0379. The van der Waals surface area contributed by atoms with Crippen LogP contribution in [-0.4, -0.2) is 55.4 Å². The summed E-state index contributed by atoms with van der Waals surface area (Å²) in [5.41, 5.74) is 1.10. The van der Waals surface area contributed by atoms with Crippen LogP contribution in [0.3, 0.4) is 0 Å². The average molecular weight is 579 g/mol. The number of sulfonamides is 1. The molecule has 0 unspecified atom stereocenters. The Morgan fingerprint density at radius 2 is 1.88 bits per heavy atom. The number of nitrogens with one attached hydrogen (secondary N) is 2. The number of piperidine rings is 1. The number of aromatic nitrogens is 1. The zero-order valence-electron chi connectivity index (χ0n) is 22.5. The Morgan fingerprint density at radius 1 is 1.15 bits per heavy atom. The molecule has 3 aliphatic rings. The van der Waals surface area contributed by atoms with Gasteiger partial charge in [0, 0.05) is 31.2 Å². The van der Waals surface area contributed by atoms with Gasteiger partial charge in [-0.1, -0.05) is 0 Å². The first-order valence-electron chi connectivity index (χ1n) is 13.8. The molecule has 5 rings (SSSR count). The smallest absolute Gasteiger partial charge is 0.274 e. The number of alkyl halides is 2. The zero-order chi connectivity index (χ0) is 28.7. The number of anilines is 3. The lowest BCUT2D eigenvalue weighted by Gasteiger charge is -2.35. The molecule has 1 amide bonds. The van der Waals surface area contributed by atoms with Crippen LogP contribution in [0.2, 0.25) is 0 Å². The number of hydrogen-bond donors (Lipinski definition) is 3. The van der Waals surface area contributed by atoms with E-state index in [1.54, 1.807) is 18.3 Å². The van der Waals surface area contributed by atoms with Crippen LogP contribution in [0.1, 0.15) is 68.3 Å². The first-order valence-corrected chi connectivity index (χ1v) is 15.5. The molecule has 1 aromatic carbocycles. The Bertz CT molecular complexity index is 1420. The summed E-state index contributed by atoms with van der Waals surface area (Å²) >= 11 is 0. The molecule has 9 nitrogen and oxygen atoms in total. The number of nitrogens with zero attached hydrogens (tertiary/aromatic N) is 2. The molecule has 12 heteroatoms. The molecule has 0 radical (unpaired) electrons. The van der Waals surface area contributed by atoms with Crippen molar-refractivity contribution in [2.24, 2.45) is 11.3 Å². The molecule has 1 saturated heterocycles. The minimum absolute atomic E-state index is 0.0495. The van der Waals surface area contributed by atoms with Crippen LogP contribution < -0.4 is 20.5 Å². The monoisotopic (exact) mass is 578 g/mol. The summed E-state index contributed by atoms with van der Waals surface area (Å²) in [6, 6.07) is 7.36. The van der Waals surface area contributed by atoms with Gasteiger partial charge in [-0.05, 0) is 87.6 Å². The lowest BCUT2D eigenvalue weighted by Crippen LogP contribution is -2.36. The third-order valence-corrected chi connectivity index (χ3v) is 10.0. The standard InChI is InChI=1S/C28H36F2N4O5S/c1-27(29,30)19-4-6-21(17-19)34-12-2-3-23(26(34)37)31-25(36)22-7-5-20(32-40(38,39)16-15-35)18-24(22)33-13-10-28(8-9-28)11-14-33/h2-3,5,7,12,18-19,21,32,35H,4,6,8-11,13-17H2,1H3,(H,31,36)/t19-,21-/m1/s1. The molecular formula is C28H36F2N4O5S. The van der Waals surface area contributed by atoms with Gasteiger partial charge in [0.05, 0.1) is 29.3 Å². The zero-order valence-corrected chi connectivity index (χ0v) is 23.4. The number of benzene rings is 1. The predicted octanol–water partition coefficient (Wildman–Crippen LogP) is 4.21. The van der Waals surface area contributed by atoms with Gasteiger partial charge >= 0.3 is 0 Å². The summed E-state index contributed by atoms with van der Waals surface area (Å²) in [6.45, 7) is 1.83. The normalized spacial score (nSPS) is 22.4. The average Bonchev–Trinajstić information content (AvgIpc) is 3.43. The molecule has 0 bridgehead atoms. The van der Waals surface area contributed by atoms with Crippen molar-refractivity contribution >= 4 is 33.0 Å². The number of pyridine rings is 1. The molecule has 218 valence electrons. The summed E-state index contributed by atoms with van der Waals surface area (Å²) < 4.78 is 56.1. The van der Waals surface area contributed by atoms with Crippen LogP contribution in [0.15, 0.2) is 41.3 Å². The van der Waals surface area contributed by atoms with Gasteiger partial charge in [-0.2, -0.15) is 0 Å². The molecule has 2 aromatic rings. The van der Waals surface area contributed by atoms with Crippen molar-refractivity contribution in [1.82, 2.24) is 4.57 Å². The minimum atomic E-state index is -3.76. The highest BCUT2D eigenvalue weighted by atomic mass is 32.2. The molecule has 2 aliphatic carbocycles. The third-order valence-electron chi connectivity index (χ3n) is 8.74. The van der Waals surface area contributed by atoms with Crippen molar-refractivity contribution in [3.8, 4) is 0 Å². The van der Waals surface area contributed by atoms with E-state index in [2.05, 4.69) is 14.9 Å². The molecule has 40 heavy (non-hydrogen) atoms. The Hall–Kier alpha value is -2.99. The Kier molecular flexibility index (Phi) is 7.68. The molecule has 1 aliphatic heterocycles. The van der Waals surface area contributed by atoms with E-state index in [9.17, 15) is 26.8 Å². The highest BCUT2D eigenvalue weighted by Gasteiger charge is 2.45. The summed E-state index contributed by atoms with van der Waals surface area (Å²) in [7, 11) is -3.76. The number of hydrogen-bond acceptors (Lipinski definition) is 6. The van der Waals surface area contributed by atoms with E-state index in [4.69, 9.17) is 5.11 Å². The maximum Gasteiger partial charge on any atom is 0.274 e. The fraction of sp³-hybridized carbons (Fsp3) is 0.571. The quantitative estimate of drug-likeness (QED) is 0.410. The molecule has 2 heterocycles. The fourth-order valence-electron chi connectivity index (χ4n) is 6.05. The van der Waals surface area contributed by atoms with Crippen LogP contribution in [0, 0.1) is 11.3 Å².